The van der Waals surface area contributed by atoms with Crippen LogP contribution in [0.3, 0.4) is 0 Å². The molecule has 3 nitrogen and oxygen atoms in total. The minimum atomic E-state index is -0.187. The van der Waals surface area contributed by atoms with E-state index in [2.05, 4.69) is 11.9 Å². The largest absolute Gasteiger partial charge is 0.393 e. The van der Waals surface area contributed by atoms with Crippen LogP contribution in [0.1, 0.15) is 43.6 Å². The fourth-order valence-corrected chi connectivity index (χ4v) is 2.74. The average Bonchev–Trinajstić information content (AvgIpc) is 2.48. The summed E-state index contributed by atoms with van der Waals surface area (Å²) in [5.41, 5.74) is 1.12. The zero-order valence-electron chi connectivity index (χ0n) is 11.8. The summed E-state index contributed by atoms with van der Waals surface area (Å²) in [6.07, 6.45) is 5.40. The maximum Gasteiger partial charge on any atom is 0.221 e. The Balaban J connectivity index is 1.85. The van der Waals surface area contributed by atoms with Gasteiger partial charge in [-0.2, -0.15) is 0 Å². The van der Waals surface area contributed by atoms with Gasteiger partial charge in [0.15, 0.2) is 0 Å². The van der Waals surface area contributed by atoms with Gasteiger partial charge in [0, 0.05) is 18.4 Å². The van der Waals surface area contributed by atoms with E-state index in [1.165, 1.54) is 0 Å². The van der Waals surface area contributed by atoms with E-state index in [9.17, 15) is 9.90 Å². The molecule has 0 aromatic heterocycles. The molecule has 2 N–H and O–H groups in total. The molecule has 1 amide bonds. The quantitative estimate of drug-likeness (QED) is 0.810. The van der Waals surface area contributed by atoms with Gasteiger partial charge in [0.05, 0.1) is 6.10 Å². The van der Waals surface area contributed by atoms with E-state index in [1.54, 1.807) is 0 Å². The lowest BCUT2D eigenvalue weighted by atomic mass is 9.92. The lowest BCUT2D eigenvalue weighted by Gasteiger charge is -2.26. The fourth-order valence-electron chi connectivity index (χ4n) is 2.74. The third kappa shape index (κ3) is 4.20. The summed E-state index contributed by atoms with van der Waals surface area (Å²) < 4.78 is 0. The summed E-state index contributed by atoms with van der Waals surface area (Å²) in [4.78, 5) is 12.1. The molecule has 20 heavy (non-hydrogen) atoms. The van der Waals surface area contributed by atoms with Gasteiger partial charge in [-0.1, -0.05) is 36.4 Å². The number of benzene rings is 1. The Labute approximate surface area is 120 Å². The molecule has 0 heterocycles. The fraction of sp³-hybridized carbons (Fsp3) is 0.471. The summed E-state index contributed by atoms with van der Waals surface area (Å²) in [5.74, 6) is 0.130. The first-order valence-electron chi connectivity index (χ1n) is 7.34. The molecule has 108 valence electrons. The molecule has 1 fully saturated rings. The molecule has 0 aliphatic heterocycles. The molecule has 1 saturated carbocycles. The van der Waals surface area contributed by atoms with Crippen molar-refractivity contribution in [1.29, 1.82) is 0 Å². The topological polar surface area (TPSA) is 49.3 Å². The van der Waals surface area contributed by atoms with E-state index in [-0.39, 0.29) is 24.0 Å². The Morgan fingerprint density at radius 1 is 1.30 bits per heavy atom. The predicted octanol–water partition coefficient (Wildman–Crippen LogP) is 2.77. The molecule has 1 aromatic carbocycles. The normalized spacial score (nSPS) is 23.9. The maximum absolute atomic E-state index is 12.1. The lowest BCUT2D eigenvalue weighted by molar-refractivity contribution is -0.122. The number of carbonyl (C=O) groups excluding carboxylic acids is 1. The summed E-state index contributed by atoms with van der Waals surface area (Å²) in [5, 5.41) is 12.5. The van der Waals surface area contributed by atoms with Crippen molar-refractivity contribution in [2.24, 2.45) is 0 Å². The highest BCUT2D eigenvalue weighted by molar-refractivity contribution is 5.77. The molecule has 2 rings (SSSR count). The molecule has 1 aliphatic rings. The standard InChI is InChI=1S/C17H23NO2/c1-2-13(14-6-4-3-5-7-14)12-17(20)18-15-8-10-16(19)11-9-15/h2-7,13,15-16,19H,1,8-12H2,(H,18,20). The van der Waals surface area contributed by atoms with E-state index in [0.29, 0.717) is 6.42 Å². The van der Waals surface area contributed by atoms with Gasteiger partial charge in [0.1, 0.15) is 0 Å². The third-order valence-electron chi connectivity index (χ3n) is 3.98. The smallest absolute Gasteiger partial charge is 0.221 e. The van der Waals surface area contributed by atoms with Gasteiger partial charge in [-0.15, -0.1) is 6.58 Å². The van der Waals surface area contributed by atoms with Gasteiger partial charge in [0.25, 0.3) is 0 Å². The van der Waals surface area contributed by atoms with Crippen molar-refractivity contribution in [1.82, 2.24) is 5.32 Å². The van der Waals surface area contributed by atoms with Crippen LogP contribution >= 0.6 is 0 Å². The van der Waals surface area contributed by atoms with Crippen LogP contribution in [0.4, 0.5) is 0 Å². The van der Waals surface area contributed by atoms with Crippen molar-refractivity contribution in [3.63, 3.8) is 0 Å². The summed E-state index contributed by atoms with van der Waals surface area (Å²) in [7, 11) is 0. The van der Waals surface area contributed by atoms with Crippen molar-refractivity contribution in [3.05, 3.63) is 48.6 Å². The van der Waals surface area contributed by atoms with Gasteiger partial charge >= 0.3 is 0 Å². The van der Waals surface area contributed by atoms with E-state index in [4.69, 9.17) is 0 Å². The highest BCUT2D eigenvalue weighted by atomic mass is 16.3. The van der Waals surface area contributed by atoms with Crippen molar-refractivity contribution in [2.45, 2.75) is 50.2 Å². The summed E-state index contributed by atoms with van der Waals surface area (Å²) in [6.45, 7) is 3.83. The van der Waals surface area contributed by atoms with Crippen molar-refractivity contribution >= 4 is 5.91 Å². The molecule has 3 heteroatoms. The SMILES string of the molecule is C=CC(CC(=O)NC1CCC(O)CC1)c1ccccc1. The Morgan fingerprint density at radius 2 is 1.95 bits per heavy atom. The first-order chi connectivity index (χ1) is 9.69. The molecule has 0 saturated heterocycles. The Bertz CT molecular complexity index is 436. The Hall–Kier alpha value is -1.61. The number of amides is 1. The van der Waals surface area contributed by atoms with Crippen LogP contribution in [-0.4, -0.2) is 23.2 Å². The van der Waals surface area contributed by atoms with Crippen LogP contribution in [0.25, 0.3) is 0 Å². The minimum Gasteiger partial charge on any atom is -0.393 e. The molecule has 1 aromatic rings. The number of carbonyl (C=O) groups is 1. The predicted molar refractivity (Wildman–Crippen MR) is 80.4 cm³/mol. The molecule has 0 radical (unpaired) electrons. The first kappa shape index (κ1) is 14.8. The van der Waals surface area contributed by atoms with Crippen LogP contribution in [0, 0.1) is 0 Å². The Kier molecular flexibility index (Phi) is 5.36. The number of hydrogen-bond acceptors (Lipinski definition) is 2. The molecule has 1 aliphatic carbocycles. The van der Waals surface area contributed by atoms with Gasteiger partial charge in [-0.3, -0.25) is 4.79 Å². The molecule has 0 bridgehead atoms. The van der Waals surface area contributed by atoms with E-state index in [0.717, 1.165) is 31.2 Å². The number of rotatable bonds is 5. The number of hydrogen-bond donors (Lipinski definition) is 2. The van der Waals surface area contributed by atoms with Crippen molar-refractivity contribution in [3.8, 4) is 0 Å². The minimum absolute atomic E-state index is 0.0605. The second-order valence-corrected chi connectivity index (χ2v) is 5.53. The molecule has 1 unspecified atom stereocenters. The van der Waals surface area contributed by atoms with Gasteiger partial charge in [-0.25, -0.2) is 0 Å². The second kappa shape index (κ2) is 7.25. The highest BCUT2D eigenvalue weighted by Crippen LogP contribution is 2.22. The van der Waals surface area contributed by atoms with Crippen LogP contribution in [0.15, 0.2) is 43.0 Å². The average molecular weight is 273 g/mol. The van der Waals surface area contributed by atoms with Crippen molar-refractivity contribution in [2.75, 3.05) is 0 Å². The van der Waals surface area contributed by atoms with Gasteiger partial charge in [0.2, 0.25) is 5.91 Å². The molecular weight excluding hydrogens is 250 g/mol. The zero-order chi connectivity index (χ0) is 14.4. The van der Waals surface area contributed by atoms with E-state index >= 15 is 0 Å². The Morgan fingerprint density at radius 3 is 2.55 bits per heavy atom. The summed E-state index contributed by atoms with van der Waals surface area (Å²) >= 11 is 0. The second-order valence-electron chi connectivity index (χ2n) is 5.53. The number of allylic oxidation sites excluding steroid dienone is 1. The molecule has 1 atom stereocenters. The third-order valence-corrected chi connectivity index (χ3v) is 3.98. The zero-order valence-corrected chi connectivity index (χ0v) is 11.8. The van der Waals surface area contributed by atoms with Crippen LogP contribution in [0.5, 0.6) is 0 Å². The van der Waals surface area contributed by atoms with Gasteiger partial charge < -0.3 is 10.4 Å². The number of nitrogens with one attached hydrogen (secondary N) is 1. The van der Waals surface area contributed by atoms with Crippen LogP contribution < -0.4 is 5.32 Å². The number of aliphatic hydroxyl groups is 1. The highest BCUT2D eigenvalue weighted by Gasteiger charge is 2.21. The monoisotopic (exact) mass is 273 g/mol. The van der Waals surface area contributed by atoms with E-state index < -0.39 is 0 Å². The van der Waals surface area contributed by atoms with Crippen molar-refractivity contribution < 1.29 is 9.90 Å². The maximum atomic E-state index is 12.1. The van der Waals surface area contributed by atoms with Crippen LogP contribution in [0.2, 0.25) is 0 Å². The van der Waals surface area contributed by atoms with Crippen LogP contribution in [-0.2, 0) is 4.79 Å². The first-order valence-corrected chi connectivity index (χ1v) is 7.34. The lowest BCUT2D eigenvalue weighted by Crippen LogP contribution is -2.38. The van der Waals surface area contributed by atoms with E-state index in [1.807, 2.05) is 36.4 Å². The number of aliphatic hydroxyl groups excluding tert-OH is 1. The summed E-state index contributed by atoms with van der Waals surface area (Å²) in [6, 6.07) is 10.2. The molecule has 0 spiro atoms. The van der Waals surface area contributed by atoms with Gasteiger partial charge in [-0.05, 0) is 31.2 Å². The molecular formula is C17H23NO2.